The predicted molar refractivity (Wildman–Crippen MR) is 307 cm³/mol. The van der Waals surface area contributed by atoms with Crippen molar-refractivity contribution in [1.82, 2.24) is 0 Å². The van der Waals surface area contributed by atoms with Crippen LogP contribution in [0.15, 0.2) is 273 Å². The van der Waals surface area contributed by atoms with Gasteiger partial charge in [-0.3, -0.25) is 0 Å². The zero-order chi connectivity index (χ0) is 48.7. The highest BCUT2D eigenvalue weighted by atomic mass is 15.1. The minimum absolute atomic E-state index is 0.0838. The maximum absolute atomic E-state index is 2.53. The first-order chi connectivity index (χ1) is 36.0. The fourth-order valence-corrected chi connectivity index (χ4v) is 13.0. The highest BCUT2D eigenvalue weighted by Gasteiger charge is 2.47. The Morgan fingerprint density at radius 1 is 0.301 bits per heavy atom. The molecule has 12 aromatic rings. The lowest BCUT2D eigenvalue weighted by molar-refractivity contribution is 0.660. The van der Waals surface area contributed by atoms with Gasteiger partial charge in [-0.2, -0.15) is 0 Å². The largest absolute Gasteiger partial charge is 0.309 e. The van der Waals surface area contributed by atoms with E-state index in [0.29, 0.717) is 0 Å². The summed E-state index contributed by atoms with van der Waals surface area (Å²) in [4.78, 5) is 2.53. The fourth-order valence-electron chi connectivity index (χ4n) is 13.0. The van der Waals surface area contributed by atoms with Crippen LogP contribution in [0.25, 0.3) is 77.2 Å². The lowest BCUT2D eigenvalue weighted by Gasteiger charge is -2.34. The molecule has 0 fully saturated rings. The SMILES string of the molecule is CC1(C)c2ccccc2-c2c(-c3ccc(N(c4ccccc4)c4c(-c5cccc6c5-c5ccccc5C6(c5ccccc5)c5ccccc5)cc(-c5ccccc5)c5c4ccc4ccccc45)cc3)cccc21. The van der Waals surface area contributed by atoms with E-state index in [4.69, 9.17) is 0 Å². The van der Waals surface area contributed by atoms with Gasteiger partial charge in [-0.05, 0) is 130 Å². The van der Waals surface area contributed by atoms with Crippen molar-refractivity contribution in [3.63, 3.8) is 0 Å². The monoisotopic (exact) mass is 929 g/mol. The first kappa shape index (κ1) is 42.8. The number of nitrogens with zero attached hydrogens (tertiary/aromatic N) is 1. The molecule has 0 aliphatic heterocycles. The van der Waals surface area contributed by atoms with Crippen LogP contribution in [-0.4, -0.2) is 0 Å². The molecule has 0 aromatic heterocycles. The molecule has 0 heterocycles. The first-order valence-electron chi connectivity index (χ1n) is 25.6. The van der Waals surface area contributed by atoms with E-state index in [1.807, 2.05) is 0 Å². The third-order valence-corrected chi connectivity index (χ3v) is 16.1. The zero-order valence-electron chi connectivity index (χ0n) is 40.9. The molecule has 0 amide bonds. The number of benzene rings is 12. The first-order valence-corrected chi connectivity index (χ1v) is 25.6. The second kappa shape index (κ2) is 16.8. The van der Waals surface area contributed by atoms with Gasteiger partial charge in [-0.25, -0.2) is 0 Å². The standard InChI is InChI=1S/C72H51N/c1-71(2)63-37-19-17-33-58(63)68-56(35-21-39-65(68)71)50-41-44-54(45-42-50)73(53-30-13-6-14-31-53)70-60-46-43-49-25-15-16-32-55(49)67(60)61(48-23-7-3-8-24-48)47-62(70)57-36-22-40-66-69(57)59-34-18-20-38-64(59)72(66,51-26-9-4-10-27-51)52-28-11-5-12-29-52/h3-47H,1-2H3. The molecule has 0 spiro atoms. The molecule has 0 atom stereocenters. The van der Waals surface area contributed by atoms with Crippen molar-refractivity contribution in [2.45, 2.75) is 24.7 Å². The Morgan fingerprint density at radius 3 is 1.49 bits per heavy atom. The molecule has 2 aliphatic carbocycles. The lowest BCUT2D eigenvalue weighted by Crippen LogP contribution is -2.28. The van der Waals surface area contributed by atoms with Gasteiger partial charge >= 0.3 is 0 Å². The van der Waals surface area contributed by atoms with E-state index in [-0.39, 0.29) is 5.41 Å². The Bertz CT molecular complexity index is 4040. The number of para-hydroxylation sites is 1. The van der Waals surface area contributed by atoms with Crippen LogP contribution >= 0.6 is 0 Å². The summed E-state index contributed by atoms with van der Waals surface area (Å²) >= 11 is 0. The van der Waals surface area contributed by atoms with Crippen molar-refractivity contribution in [1.29, 1.82) is 0 Å². The third-order valence-electron chi connectivity index (χ3n) is 16.1. The summed E-state index contributed by atoms with van der Waals surface area (Å²) in [7, 11) is 0. The average molecular weight is 930 g/mol. The summed E-state index contributed by atoms with van der Waals surface area (Å²) in [5, 5.41) is 4.86. The fraction of sp³-hybridized carbons (Fsp3) is 0.0556. The summed E-state index contributed by atoms with van der Waals surface area (Å²) in [5.41, 5.74) is 22.9. The highest BCUT2D eigenvalue weighted by molar-refractivity contribution is 6.22. The Kier molecular flexibility index (Phi) is 9.85. The van der Waals surface area contributed by atoms with Gasteiger partial charge in [0.2, 0.25) is 0 Å². The van der Waals surface area contributed by atoms with Gasteiger partial charge in [0, 0.05) is 27.7 Å². The van der Waals surface area contributed by atoms with Gasteiger partial charge in [0.25, 0.3) is 0 Å². The molecule has 1 heteroatoms. The Balaban J connectivity index is 1.09. The quantitative estimate of drug-likeness (QED) is 0.137. The van der Waals surface area contributed by atoms with Crippen molar-refractivity contribution in [2.24, 2.45) is 0 Å². The normalized spacial score (nSPS) is 13.6. The minimum Gasteiger partial charge on any atom is -0.309 e. The van der Waals surface area contributed by atoms with Gasteiger partial charge in [0.1, 0.15) is 0 Å². The van der Waals surface area contributed by atoms with E-state index in [1.54, 1.807) is 0 Å². The molecule has 12 aromatic carbocycles. The van der Waals surface area contributed by atoms with Gasteiger partial charge < -0.3 is 4.90 Å². The van der Waals surface area contributed by atoms with Crippen LogP contribution in [0, 0.1) is 0 Å². The Hall–Kier alpha value is -9.04. The van der Waals surface area contributed by atoms with Crippen LogP contribution in [0.2, 0.25) is 0 Å². The molecule has 0 saturated heterocycles. The van der Waals surface area contributed by atoms with Gasteiger partial charge in [0.05, 0.1) is 11.1 Å². The van der Waals surface area contributed by atoms with Crippen LogP contribution in [0.3, 0.4) is 0 Å². The third kappa shape index (κ3) is 6.42. The van der Waals surface area contributed by atoms with Crippen LogP contribution in [-0.2, 0) is 10.8 Å². The summed E-state index contributed by atoms with van der Waals surface area (Å²) < 4.78 is 0. The second-order valence-corrected chi connectivity index (χ2v) is 20.3. The molecule has 344 valence electrons. The van der Waals surface area contributed by atoms with Crippen molar-refractivity contribution in [3.8, 4) is 55.6 Å². The number of anilines is 3. The maximum atomic E-state index is 2.53. The Morgan fingerprint density at radius 2 is 0.795 bits per heavy atom. The van der Waals surface area contributed by atoms with Crippen molar-refractivity contribution in [3.05, 3.63) is 306 Å². The maximum Gasteiger partial charge on any atom is 0.0713 e. The summed E-state index contributed by atoms with van der Waals surface area (Å²) in [6.07, 6.45) is 0. The number of rotatable bonds is 8. The molecule has 0 unspecified atom stereocenters. The van der Waals surface area contributed by atoms with Crippen LogP contribution < -0.4 is 4.90 Å². The molecule has 2 aliphatic rings. The van der Waals surface area contributed by atoms with Crippen molar-refractivity contribution in [2.75, 3.05) is 4.90 Å². The van der Waals surface area contributed by atoms with E-state index >= 15 is 0 Å². The summed E-state index contributed by atoms with van der Waals surface area (Å²) in [6.45, 7) is 4.72. The summed E-state index contributed by atoms with van der Waals surface area (Å²) in [6, 6.07) is 102. The van der Waals surface area contributed by atoms with Crippen molar-refractivity contribution < 1.29 is 0 Å². The molecule has 0 N–H and O–H groups in total. The number of hydrogen-bond donors (Lipinski definition) is 0. The molecule has 0 radical (unpaired) electrons. The molecule has 0 bridgehead atoms. The molecule has 0 saturated carbocycles. The van der Waals surface area contributed by atoms with Crippen LogP contribution in [0.4, 0.5) is 17.1 Å². The summed E-state index contributed by atoms with van der Waals surface area (Å²) in [5.74, 6) is 0. The second-order valence-electron chi connectivity index (χ2n) is 20.3. The molecule has 14 rings (SSSR count). The lowest BCUT2D eigenvalue weighted by atomic mass is 9.67. The minimum atomic E-state index is -0.553. The number of fused-ring (bicyclic) bond motifs is 9. The van der Waals surface area contributed by atoms with Gasteiger partial charge in [-0.15, -0.1) is 0 Å². The van der Waals surface area contributed by atoms with Crippen molar-refractivity contribution >= 4 is 38.6 Å². The molecular weight excluding hydrogens is 879 g/mol. The van der Waals surface area contributed by atoms with E-state index in [0.717, 1.165) is 22.6 Å². The van der Waals surface area contributed by atoms with Crippen LogP contribution in [0.1, 0.15) is 47.2 Å². The molecule has 73 heavy (non-hydrogen) atoms. The van der Waals surface area contributed by atoms with E-state index in [9.17, 15) is 0 Å². The zero-order valence-corrected chi connectivity index (χ0v) is 40.9. The topological polar surface area (TPSA) is 3.24 Å². The van der Waals surface area contributed by atoms with E-state index in [2.05, 4.69) is 292 Å². The van der Waals surface area contributed by atoms with Gasteiger partial charge in [-0.1, -0.05) is 257 Å². The average Bonchev–Trinajstić information content (AvgIpc) is 3.91. The smallest absolute Gasteiger partial charge is 0.0713 e. The van der Waals surface area contributed by atoms with E-state index < -0.39 is 5.41 Å². The predicted octanol–water partition coefficient (Wildman–Crippen LogP) is 19.1. The van der Waals surface area contributed by atoms with Gasteiger partial charge in [0.15, 0.2) is 0 Å². The molecular formula is C72H51N. The van der Waals surface area contributed by atoms with E-state index in [1.165, 1.54) is 105 Å². The van der Waals surface area contributed by atoms with Crippen LogP contribution in [0.5, 0.6) is 0 Å². The Labute approximate surface area is 428 Å². The highest BCUT2D eigenvalue weighted by Crippen LogP contribution is 2.60. The molecule has 1 nitrogen and oxygen atoms in total. The number of hydrogen-bond acceptors (Lipinski definition) is 1.